The predicted molar refractivity (Wildman–Crippen MR) is 164 cm³/mol. The van der Waals surface area contributed by atoms with Gasteiger partial charge in [0.1, 0.15) is 25.7 Å². The molecular formula is C33H26BN9. The van der Waals surface area contributed by atoms with Gasteiger partial charge in [-0.05, 0) is 54.7 Å². The molecule has 2 atom stereocenters. The van der Waals surface area contributed by atoms with Crippen LogP contribution in [0.25, 0.3) is 10.9 Å². The van der Waals surface area contributed by atoms with Crippen molar-refractivity contribution >= 4 is 30.1 Å². The Morgan fingerprint density at radius 2 is 1.79 bits per heavy atom. The van der Waals surface area contributed by atoms with Crippen molar-refractivity contribution in [3.63, 3.8) is 0 Å². The van der Waals surface area contributed by atoms with Crippen molar-refractivity contribution in [1.29, 1.82) is 15.8 Å². The Bertz CT molecular complexity index is 1940. The van der Waals surface area contributed by atoms with Gasteiger partial charge in [-0.3, -0.25) is 4.98 Å². The Kier molecular flexibility index (Phi) is 7.24. The van der Waals surface area contributed by atoms with E-state index >= 15 is 0 Å². The summed E-state index contributed by atoms with van der Waals surface area (Å²) in [7, 11) is 7.14. The fourth-order valence-electron chi connectivity index (χ4n) is 5.30. The Labute approximate surface area is 250 Å². The summed E-state index contributed by atoms with van der Waals surface area (Å²) in [6.07, 6.45) is 6.13. The van der Waals surface area contributed by atoms with Gasteiger partial charge in [0.2, 0.25) is 0 Å². The molecule has 1 fully saturated rings. The molecule has 1 unspecified atom stereocenters. The molecule has 3 aromatic carbocycles. The van der Waals surface area contributed by atoms with Gasteiger partial charge in [-0.2, -0.15) is 15.8 Å². The van der Waals surface area contributed by atoms with Gasteiger partial charge < -0.3 is 10.6 Å². The maximum atomic E-state index is 10.2. The van der Waals surface area contributed by atoms with Gasteiger partial charge in [0.05, 0.1) is 57.7 Å². The van der Waals surface area contributed by atoms with E-state index < -0.39 is 5.44 Å². The number of anilines is 2. The number of pyridine rings is 1. The van der Waals surface area contributed by atoms with Crippen LogP contribution in [0, 0.1) is 34.0 Å². The highest BCUT2D eigenvalue weighted by atomic mass is 15.4. The largest absolute Gasteiger partial charge is 0.378 e. The molecule has 2 N–H and O–H groups in total. The molecule has 0 bridgehead atoms. The minimum Gasteiger partial charge on any atom is -0.378 e. The summed E-state index contributed by atoms with van der Waals surface area (Å²) in [6, 6.07) is 27.4. The van der Waals surface area contributed by atoms with E-state index in [1.165, 1.54) is 6.20 Å². The molecule has 43 heavy (non-hydrogen) atoms. The minimum absolute atomic E-state index is 0.0826. The van der Waals surface area contributed by atoms with E-state index in [4.69, 9.17) is 7.85 Å². The quantitative estimate of drug-likeness (QED) is 0.215. The number of hydrogen-bond donors (Lipinski definition) is 2. The maximum absolute atomic E-state index is 10.2. The van der Waals surface area contributed by atoms with Gasteiger partial charge in [-0.1, -0.05) is 54.6 Å². The maximum Gasteiger partial charge on any atom is 0.119 e. The van der Waals surface area contributed by atoms with E-state index in [1.54, 1.807) is 24.3 Å². The zero-order valence-electron chi connectivity index (χ0n) is 23.5. The van der Waals surface area contributed by atoms with Crippen molar-refractivity contribution < 1.29 is 0 Å². The van der Waals surface area contributed by atoms with E-state index in [-0.39, 0.29) is 6.04 Å². The third-order valence-electron chi connectivity index (χ3n) is 7.76. The molecule has 5 aromatic rings. The van der Waals surface area contributed by atoms with E-state index in [0.717, 1.165) is 24.8 Å². The number of benzene rings is 3. The first-order valence-corrected chi connectivity index (χ1v) is 14.1. The van der Waals surface area contributed by atoms with Crippen LogP contribution in [0.4, 0.5) is 11.4 Å². The third-order valence-corrected chi connectivity index (χ3v) is 7.76. The molecule has 9 nitrogen and oxygen atoms in total. The first kappa shape index (κ1) is 27.5. The molecular weight excluding hydrogens is 533 g/mol. The Hall–Kier alpha value is -5.66. The number of rotatable bonds is 9. The summed E-state index contributed by atoms with van der Waals surface area (Å²) in [6.45, 7) is 2.07. The molecule has 206 valence electrons. The van der Waals surface area contributed by atoms with Crippen LogP contribution in [0.5, 0.6) is 0 Å². The van der Waals surface area contributed by atoms with Crippen LogP contribution in [0.1, 0.15) is 71.8 Å². The van der Waals surface area contributed by atoms with Gasteiger partial charge in [0, 0.05) is 17.3 Å². The van der Waals surface area contributed by atoms with Crippen molar-refractivity contribution in [1.82, 2.24) is 20.0 Å². The highest BCUT2D eigenvalue weighted by Gasteiger charge is 2.34. The second-order valence-corrected chi connectivity index (χ2v) is 10.6. The average molecular weight is 559 g/mol. The molecule has 2 radical (unpaired) electrons. The number of hydrogen-bond acceptors (Lipinski definition) is 8. The zero-order valence-corrected chi connectivity index (χ0v) is 23.5. The van der Waals surface area contributed by atoms with Crippen LogP contribution in [0.15, 0.2) is 79.1 Å². The molecule has 0 spiro atoms. The Morgan fingerprint density at radius 3 is 2.49 bits per heavy atom. The molecule has 6 rings (SSSR count). The van der Waals surface area contributed by atoms with Crippen molar-refractivity contribution in [3.8, 4) is 18.2 Å². The second-order valence-electron chi connectivity index (χ2n) is 10.6. The highest BCUT2D eigenvalue weighted by molar-refractivity contribution is 6.19. The topological polar surface area (TPSA) is 139 Å². The smallest absolute Gasteiger partial charge is 0.119 e. The molecule has 10 heteroatoms. The zero-order chi connectivity index (χ0) is 30.0. The average Bonchev–Trinajstić information content (AvgIpc) is 3.78. The predicted octanol–water partition coefficient (Wildman–Crippen LogP) is 5.82. The van der Waals surface area contributed by atoms with Crippen molar-refractivity contribution in [2.45, 2.75) is 43.7 Å². The fourth-order valence-corrected chi connectivity index (χ4v) is 5.30. The normalized spacial score (nSPS) is 14.6. The lowest BCUT2D eigenvalue weighted by Crippen LogP contribution is -2.38. The molecule has 1 aliphatic carbocycles. The summed E-state index contributed by atoms with van der Waals surface area (Å²) >= 11 is 0. The standard InChI is InChI=1S/C33H26BN9/c1-2-29(22-8-4-3-5-9-22)39-32-24(18-37)19-38-31-23(17-36)14-26(15-28(31)32)40-33(34,25-10-6-7-21(13-25)16-35)30-20-43(42-41-30)27-11-12-27/h3-10,13-15,19-20,27,29,40H,2,11-12H2,1H3,(H,38,39)/t29-,33?/m1/s1. The van der Waals surface area contributed by atoms with Gasteiger partial charge >= 0.3 is 0 Å². The van der Waals surface area contributed by atoms with Crippen LogP contribution >= 0.6 is 0 Å². The number of nitrogens with zero attached hydrogens (tertiary/aromatic N) is 7. The Balaban J connectivity index is 1.50. The lowest BCUT2D eigenvalue weighted by atomic mass is 9.69. The highest BCUT2D eigenvalue weighted by Crippen LogP contribution is 2.38. The van der Waals surface area contributed by atoms with Crippen LogP contribution in [0.2, 0.25) is 0 Å². The van der Waals surface area contributed by atoms with Gasteiger partial charge in [-0.15, -0.1) is 5.10 Å². The van der Waals surface area contributed by atoms with Crippen LogP contribution < -0.4 is 10.6 Å². The summed E-state index contributed by atoms with van der Waals surface area (Å²) in [4.78, 5) is 4.49. The Morgan fingerprint density at radius 1 is 1.00 bits per heavy atom. The summed E-state index contributed by atoms with van der Waals surface area (Å²) < 4.78 is 1.81. The van der Waals surface area contributed by atoms with Crippen molar-refractivity contribution in [2.75, 3.05) is 10.6 Å². The third kappa shape index (κ3) is 5.25. The van der Waals surface area contributed by atoms with Crippen LogP contribution in [-0.2, 0) is 5.44 Å². The lowest BCUT2D eigenvalue weighted by Gasteiger charge is -2.32. The lowest BCUT2D eigenvalue weighted by molar-refractivity contribution is 0.610. The molecule has 0 amide bonds. The summed E-state index contributed by atoms with van der Waals surface area (Å²) in [5, 5.41) is 46.1. The van der Waals surface area contributed by atoms with E-state index in [9.17, 15) is 15.8 Å². The summed E-state index contributed by atoms with van der Waals surface area (Å²) in [5.74, 6) is 0. The van der Waals surface area contributed by atoms with Gasteiger partial charge in [0.15, 0.2) is 0 Å². The first-order chi connectivity index (χ1) is 21.0. The molecule has 2 aromatic heterocycles. The minimum atomic E-state index is -1.40. The number of nitrogens with one attached hydrogen (secondary N) is 2. The van der Waals surface area contributed by atoms with Crippen molar-refractivity contribution in [3.05, 3.63) is 113 Å². The van der Waals surface area contributed by atoms with E-state index in [1.807, 2.05) is 53.3 Å². The van der Waals surface area contributed by atoms with Crippen LogP contribution in [-0.4, -0.2) is 27.8 Å². The van der Waals surface area contributed by atoms with E-state index in [0.29, 0.717) is 56.3 Å². The number of aromatic nitrogens is 4. The first-order valence-electron chi connectivity index (χ1n) is 14.1. The molecule has 1 aliphatic rings. The van der Waals surface area contributed by atoms with Crippen molar-refractivity contribution in [2.24, 2.45) is 0 Å². The fraction of sp³-hybridized carbons (Fsp3) is 0.212. The number of fused-ring (bicyclic) bond motifs is 1. The molecule has 1 saturated carbocycles. The number of nitriles is 3. The van der Waals surface area contributed by atoms with Crippen LogP contribution in [0.3, 0.4) is 0 Å². The molecule has 2 heterocycles. The van der Waals surface area contributed by atoms with Gasteiger partial charge in [-0.25, -0.2) is 4.68 Å². The van der Waals surface area contributed by atoms with E-state index in [2.05, 4.69) is 51.1 Å². The SMILES string of the molecule is [B]C(Nc1cc(C#N)c2ncc(C#N)c(N[C@H](CC)c3ccccc3)c2c1)(c1cccc(C#N)c1)c1cn(C2CC2)nn1. The second kappa shape index (κ2) is 11.3. The summed E-state index contributed by atoms with van der Waals surface area (Å²) in [5.41, 5.74) is 3.42. The molecule has 0 saturated heterocycles. The van der Waals surface area contributed by atoms with Gasteiger partial charge in [0.25, 0.3) is 0 Å². The monoisotopic (exact) mass is 559 g/mol. The molecule has 0 aliphatic heterocycles.